The Balaban J connectivity index is 2.89. The third-order valence-electron chi connectivity index (χ3n) is 2.57. The molecule has 1 rings (SSSR count). The topological polar surface area (TPSA) is 139 Å². The van der Waals surface area contributed by atoms with Crippen molar-refractivity contribution in [3.8, 4) is 0 Å². The monoisotopic (exact) mass is 297 g/mol. The van der Waals surface area contributed by atoms with E-state index in [2.05, 4.69) is 20.7 Å². The Labute approximate surface area is 121 Å². The van der Waals surface area contributed by atoms with Gasteiger partial charge in [0.15, 0.2) is 0 Å². The first-order valence-corrected chi connectivity index (χ1v) is 6.30. The van der Waals surface area contributed by atoms with Gasteiger partial charge in [-0.25, -0.2) is 15.8 Å². The molecule has 1 aromatic heterocycles. The smallest absolute Gasteiger partial charge is 0.354 e. The second kappa shape index (κ2) is 7.33. The average Bonchev–Trinajstić information content (AvgIpc) is 2.43. The summed E-state index contributed by atoms with van der Waals surface area (Å²) in [6.07, 6.45) is 1.14. The van der Waals surface area contributed by atoms with Crippen molar-refractivity contribution in [2.45, 2.75) is 13.8 Å². The number of nitrogen functional groups attached to an aromatic ring is 1. The Kier molecular flexibility index (Phi) is 5.79. The number of aromatic nitrogens is 2. The number of nitrogens with one attached hydrogen (secondary N) is 2. The zero-order valence-electron chi connectivity index (χ0n) is 12.2. The molecule has 0 atom stereocenters. The lowest BCUT2D eigenvalue weighted by Crippen LogP contribution is -2.37. The number of nitro groups is 1. The van der Waals surface area contributed by atoms with Gasteiger partial charge in [-0.2, -0.15) is 0 Å². The Morgan fingerprint density at radius 1 is 1.52 bits per heavy atom. The van der Waals surface area contributed by atoms with Crippen LogP contribution in [0.25, 0.3) is 0 Å². The first-order valence-electron chi connectivity index (χ1n) is 6.30. The molecule has 10 nitrogen and oxygen atoms in total. The lowest BCUT2D eigenvalue weighted by molar-refractivity contribution is -0.383. The van der Waals surface area contributed by atoms with Crippen LogP contribution in [-0.4, -0.2) is 40.9 Å². The van der Waals surface area contributed by atoms with Crippen LogP contribution in [0.4, 0.5) is 17.3 Å². The van der Waals surface area contributed by atoms with Gasteiger partial charge in [0.2, 0.25) is 17.5 Å². The standard InChI is InChI=1S/C11H19N7O3/c1-7(2)4-13-8(19)5-17(3)11-9(18(20)21)10(16-12)14-6-15-11/h6-7H,4-5,12H2,1-3H3,(H,13,19)(H,14,15,16). The number of nitrogens with zero attached hydrogens (tertiary/aromatic N) is 4. The van der Waals surface area contributed by atoms with E-state index in [9.17, 15) is 14.9 Å². The summed E-state index contributed by atoms with van der Waals surface area (Å²) >= 11 is 0. The van der Waals surface area contributed by atoms with E-state index in [1.165, 1.54) is 11.9 Å². The molecule has 0 radical (unpaired) electrons. The number of anilines is 2. The zero-order chi connectivity index (χ0) is 16.0. The highest BCUT2D eigenvalue weighted by atomic mass is 16.6. The van der Waals surface area contributed by atoms with Gasteiger partial charge in [0.1, 0.15) is 6.33 Å². The first kappa shape index (κ1) is 16.6. The van der Waals surface area contributed by atoms with Crippen molar-refractivity contribution >= 4 is 23.2 Å². The lowest BCUT2D eigenvalue weighted by atomic mass is 10.2. The Hall–Kier alpha value is -2.49. The van der Waals surface area contributed by atoms with Crippen LogP contribution in [0.15, 0.2) is 6.33 Å². The molecule has 0 bridgehead atoms. The van der Waals surface area contributed by atoms with E-state index in [1.54, 1.807) is 0 Å². The van der Waals surface area contributed by atoms with Gasteiger partial charge in [-0.05, 0) is 5.92 Å². The van der Waals surface area contributed by atoms with E-state index in [0.29, 0.717) is 12.5 Å². The summed E-state index contributed by atoms with van der Waals surface area (Å²) in [6, 6.07) is 0. The fourth-order valence-electron chi connectivity index (χ4n) is 1.59. The molecule has 0 saturated heterocycles. The Bertz CT molecular complexity index is 521. The minimum absolute atomic E-state index is 0.0163. The molecular weight excluding hydrogens is 278 g/mol. The van der Waals surface area contributed by atoms with Gasteiger partial charge in [0, 0.05) is 13.6 Å². The van der Waals surface area contributed by atoms with Crippen molar-refractivity contribution in [2.24, 2.45) is 11.8 Å². The summed E-state index contributed by atoms with van der Waals surface area (Å²) in [5.74, 6) is 5.17. The van der Waals surface area contributed by atoms with E-state index in [0.717, 1.165) is 6.33 Å². The maximum atomic E-state index is 11.8. The summed E-state index contributed by atoms with van der Waals surface area (Å²) in [5, 5.41) is 13.8. The maximum Gasteiger partial charge on any atom is 0.354 e. The van der Waals surface area contributed by atoms with Crippen LogP contribution < -0.4 is 21.5 Å². The molecule has 1 aromatic rings. The molecular formula is C11H19N7O3. The van der Waals surface area contributed by atoms with E-state index in [1.807, 2.05) is 13.8 Å². The van der Waals surface area contributed by atoms with E-state index in [-0.39, 0.29) is 29.8 Å². The molecule has 116 valence electrons. The maximum absolute atomic E-state index is 11.8. The zero-order valence-corrected chi connectivity index (χ0v) is 12.2. The van der Waals surface area contributed by atoms with Crippen molar-refractivity contribution < 1.29 is 9.72 Å². The molecule has 4 N–H and O–H groups in total. The van der Waals surface area contributed by atoms with Crippen LogP contribution in [-0.2, 0) is 4.79 Å². The van der Waals surface area contributed by atoms with E-state index < -0.39 is 4.92 Å². The van der Waals surface area contributed by atoms with Gasteiger partial charge < -0.3 is 15.6 Å². The predicted molar refractivity (Wildman–Crippen MR) is 77.6 cm³/mol. The quantitative estimate of drug-likeness (QED) is 0.359. The second-order valence-corrected chi connectivity index (χ2v) is 4.85. The summed E-state index contributed by atoms with van der Waals surface area (Å²) < 4.78 is 0. The van der Waals surface area contributed by atoms with Crippen LogP contribution in [0.3, 0.4) is 0 Å². The number of carbonyl (C=O) groups excluding carboxylic acids is 1. The number of nitrogens with two attached hydrogens (primary N) is 1. The van der Waals surface area contributed by atoms with E-state index in [4.69, 9.17) is 5.84 Å². The second-order valence-electron chi connectivity index (χ2n) is 4.85. The highest BCUT2D eigenvalue weighted by molar-refractivity contribution is 5.82. The van der Waals surface area contributed by atoms with Crippen molar-refractivity contribution in [3.05, 3.63) is 16.4 Å². The summed E-state index contributed by atoms with van der Waals surface area (Å²) in [4.78, 5) is 31.1. The van der Waals surface area contributed by atoms with Crippen LogP contribution >= 0.6 is 0 Å². The van der Waals surface area contributed by atoms with Gasteiger partial charge in [0.25, 0.3) is 0 Å². The number of hydrazine groups is 1. The molecule has 21 heavy (non-hydrogen) atoms. The third-order valence-corrected chi connectivity index (χ3v) is 2.57. The lowest BCUT2D eigenvalue weighted by Gasteiger charge is -2.18. The fourth-order valence-corrected chi connectivity index (χ4v) is 1.59. The minimum atomic E-state index is -0.646. The number of hydrogen-bond donors (Lipinski definition) is 3. The molecule has 0 aliphatic heterocycles. The minimum Gasteiger partial charge on any atom is -0.354 e. The molecule has 0 saturated carbocycles. The largest absolute Gasteiger partial charge is 0.354 e. The normalized spacial score (nSPS) is 10.3. The highest BCUT2D eigenvalue weighted by Crippen LogP contribution is 2.30. The molecule has 0 aliphatic rings. The van der Waals surface area contributed by atoms with E-state index >= 15 is 0 Å². The van der Waals surface area contributed by atoms with Gasteiger partial charge in [0.05, 0.1) is 11.5 Å². The number of amides is 1. The molecule has 0 spiro atoms. The predicted octanol–water partition coefficient (Wildman–Crippen LogP) is -0.121. The summed E-state index contributed by atoms with van der Waals surface area (Å²) in [6.45, 7) is 4.42. The number of carbonyl (C=O) groups is 1. The summed E-state index contributed by atoms with van der Waals surface area (Å²) in [7, 11) is 1.53. The number of likely N-dealkylation sites (N-methyl/N-ethyl adjacent to an activating group) is 1. The van der Waals surface area contributed by atoms with Crippen molar-refractivity contribution in [2.75, 3.05) is 30.5 Å². The summed E-state index contributed by atoms with van der Waals surface area (Å²) in [5.41, 5.74) is 1.77. The van der Waals surface area contributed by atoms with Crippen LogP contribution in [0.2, 0.25) is 0 Å². The van der Waals surface area contributed by atoms with Gasteiger partial charge in [-0.1, -0.05) is 13.8 Å². The van der Waals surface area contributed by atoms with Crippen molar-refractivity contribution in [1.82, 2.24) is 15.3 Å². The average molecular weight is 297 g/mol. The molecule has 0 unspecified atom stereocenters. The van der Waals surface area contributed by atoms with Crippen LogP contribution in [0, 0.1) is 16.0 Å². The molecule has 1 heterocycles. The third kappa shape index (κ3) is 4.53. The number of hydrogen-bond acceptors (Lipinski definition) is 8. The molecule has 10 heteroatoms. The molecule has 0 fully saturated rings. The molecule has 0 aromatic carbocycles. The van der Waals surface area contributed by atoms with Gasteiger partial charge in [-0.15, -0.1) is 0 Å². The van der Waals surface area contributed by atoms with Gasteiger partial charge in [-0.3, -0.25) is 14.9 Å². The number of rotatable bonds is 7. The SMILES string of the molecule is CC(C)CNC(=O)CN(C)c1ncnc(NN)c1[N+](=O)[O-]. The highest BCUT2D eigenvalue weighted by Gasteiger charge is 2.25. The molecule has 1 amide bonds. The molecule has 0 aliphatic carbocycles. The van der Waals surface area contributed by atoms with Crippen LogP contribution in [0.1, 0.15) is 13.8 Å². The Morgan fingerprint density at radius 2 is 2.19 bits per heavy atom. The van der Waals surface area contributed by atoms with Crippen LogP contribution in [0.5, 0.6) is 0 Å². The first-order chi connectivity index (χ1) is 9.86. The van der Waals surface area contributed by atoms with Crippen molar-refractivity contribution in [3.63, 3.8) is 0 Å². The fraction of sp³-hybridized carbons (Fsp3) is 0.545. The van der Waals surface area contributed by atoms with Crippen molar-refractivity contribution in [1.29, 1.82) is 0 Å². The van der Waals surface area contributed by atoms with Gasteiger partial charge >= 0.3 is 5.69 Å². The Morgan fingerprint density at radius 3 is 2.71 bits per heavy atom.